The molecule has 0 aromatic heterocycles. The molecule has 0 aliphatic carbocycles. The molecule has 1 amide bonds. The zero-order valence-corrected chi connectivity index (χ0v) is 6.88. The van der Waals surface area contributed by atoms with Crippen LogP contribution in [0.4, 0.5) is 0 Å². The molecule has 4 heteroatoms. The van der Waals surface area contributed by atoms with Gasteiger partial charge in [-0.15, -0.1) is 0 Å². The molecule has 4 N–H and O–H groups in total. The van der Waals surface area contributed by atoms with Crippen molar-refractivity contribution in [3.8, 4) is 0 Å². The van der Waals surface area contributed by atoms with Crippen LogP contribution in [0, 0.1) is 0 Å². The summed E-state index contributed by atoms with van der Waals surface area (Å²) < 4.78 is 5.12. The van der Waals surface area contributed by atoms with Crippen molar-refractivity contribution in [1.82, 2.24) is 0 Å². The lowest BCUT2D eigenvalue weighted by molar-refractivity contribution is -0.119. The minimum Gasteiger partial charge on any atom is -0.381 e. The second kappa shape index (κ2) is 6.12. The predicted octanol–water partition coefficient (Wildman–Crippen LogP) is -0.384. The van der Waals surface area contributed by atoms with Crippen molar-refractivity contribution in [1.29, 1.82) is 0 Å². The Morgan fingerprint density at radius 3 is 2.64 bits per heavy atom. The zero-order valence-electron chi connectivity index (χ0n) is 6.88. The molecule has 1 atom stereocenters. The monoisotopic (exact) mass is 160 g/mol. The summed E-state index contributed by atoms with van der Waals surface area (Å²) in [7, 11) is 0. The molecule has 0 saturated heterocycles. The van der Waals surface area contributed by atoms with E-state index in [1.54, 1.807) is 0 Å². The quantitative estimate of drug-likeness (QED) is 0.520. The predicted molar refractivity (Wildman–Crippen MR) is 42.9 cm³/mol. The zero-order chi connectivity index (χ0) is 8.69. The van der Waals surface area contributed by atoms with Crippen molar-refractivity contribution in [3.63, 3.8) is 0 Å². The highest BCUT2D eigenvalue weighted by Gasteiger charge is 2.07. The van der Waals surface area contributed by atoms with E-state index in [4.69, 9.17) is 16.2 Å². The lowest BCUT2D eigenvalue weighted by Gasteiger charge is -2.06. The molecule has 0 aliphatic heterocycles. The van der Waals surface area contributed by atoms with E-state index in [2.05, 4.69) is 0 Å². The SMILES string of the molecule is CCCOCCC(N)C(N)=O. The van der Waals surface area contributed by atoms with E-state index >= 15 is 0 Å². The van der Waals surface area contributed by atoms with Gasteiger partial charge in [0.15, 0.2) is 0 Å². The molecule has 0 saturated carbocycles. The van der Waals surface area contributed by atoms with Gasteiger partial charge in [-0.1, -0.05) is 6.92 Å². The fraction of sp³-hybridized carbons (Fsp3) is 0.857. The highest BCUT2D eigenvalue weighted by Crippen LogP contribution is 1.89. The van der Waals surface area contributed by atoms with Gasteiger partial charge in [0.25, 0.3) is 0 Å². The molecule has 0 radical (unpaired) electrons. The molecule has 0 rings (SSSR count). The molecule has 0 heterocycles. The van der Waals surface area contributed by atoms with Crippen LogP contribution in [0.25, 0.3) is 0 Å². The summed E-state index contributed by atoms with van der Waals surface area (Å²) in [6, 6.07) is -0.563. The van der Waals surface area contributed by atoms with E-state index in [1.807, 2.05) is 6.92 Å². The van der Waals surface area contributed by atoms with E-state index in [0.29, 0.717) is 19.6 Å². The van der Waals surface area contributed by atoms with Crippen LogP contribution < -0.4 is 11.5 Å². The maximum Gasteiger partial charge on any atom is 0.234 e. The van der Waals surface area contributed by atoms with Crippen molar-refractivity contribution in [2.45, 2.75) is 25.8 Å². The molecule has 0 fully saturated rings. The van der Waals surface area contributed by atoms with Crippen molar-refractivity contribution in [2.24, 2.45) is 11.5 Å². The van der Waals surface area contributed by atoms with Crippen molar-refractivity contribution in [3.05, 3.63) is 0 Å². The molecular weight excluding hydrogens is 144 g/mol. The summed E-state index contributed by atoms with van der Waals surface area (Å²) in [4.78, 5) is 10.4. The first-order valence-electron chi connectivity index (χ1n) is 3.81. The summed E-state index contributed by atoms with van der Waals surface area (Å²) >= 11 is 0. The van der Waals surface area contributed by atoms with Crippen molar-refractivity contribution < 1.29 is 9.53 Å². The Balaban J connectivity index is 3.17. The Bertz CT molecular complexity index is 117. The van der Waals surface area contributed by atoms with Crippen LogP contribution in [0.3, 0.4) is 0 Å². The lowest BCUT2D eigenvalue weighted by Crippen LogP contribution is -2.37. The Morgan fingerprint density at radius 2 is 2.18 bits per heavy atom. The number of nitrogens with two attached hydrogens (primary N) is 2. The van der Waals surface area contributed by atoms with E-state index < -0.39 is 11.9 Å². The average Bonchev–Trinajstić information content (AvgIpc) is 1.97. The summed E-state index contributed by atoms with van der Waals surface area (Å²) in [5, 5.41) is 0. The number of rotatable bonds is 6. The van der Waals surface area contributed by atoms with Crippen molar-refractivity contribution in [2.75, 3.05) is 13.2 Å². The highest BCUT2D eigenvalue weighted by molar-refractivity contribution is 5.79. The Hall–Kier alpha value is -0.610. The number of hydrogen-bond donors (Lipinski definition) is 2. The van der Waals surface area contributed by atoms with E-state index in [9.17, 15) is 4.79 Å². The van der Waals surface area contributed by atoms with Gasteiger partial charge < -0.3 is 16.2 Å². The lowest BCUT2D eigenvalue weighted by atomic mass is 10.2. The van der Waals surface area contributed by atoms with E-state index in [0.717, 1.165) is 6.42 Å². The summed E-state index contributed by atoms with van der Waals surface area (Å²) in [6.45, 7) is 3.25. The topological polar surface area (TPSA) is 78.3 Å². The van der Waals surface area contributed by atoms with Gasteiger partial charge in [-0.05, 0) is 12.8 Å². The van der Waals surface area contributed by atoms with Crippen LogP contribution in [0.2, 0.25) is 0 Å². The van der Waals surface area contributed by atoms with Crippen LogP contribution in [0.5, 0.6) is 0 Å². The molecule has 66 valence electrons. The Labute approximate surface area is 66.9 Å². The van der Waals surface area contributed by atoms with Gasteiger partial charge in [-0.25, -0.2) is 0 Å². The molecule has 4 nitrogen and oxygen atoms in total. The first-order valence-corrected chi connectivity index (χ1v) is 3.81. The standard InChI is InChI=1S/C7H16N2O2/c1-2-4-11-5-3-6(8)7(9)10/h6H,2-5,8H2,1H3,(H2,9,10). The van der Waals surface area contributed by atoms with E-state index in [-0.39, 0.29) is 0 Å². The molecule has 0 aromatic carbocycles. The molecule has 0 aliphatic rings. The highest BCUT2D eigenvalue weighted by atomic mass is 16.5. The van der Waals surface area contributed by atoms with Gasteiger partial charge in [0.05, 0.1) is 6.04 Å². The van der Waals surface area contributed by atoms with Gasteiger partial charge in [-0.2, -0.15) is 0 Å². The second-order valence-electron chi connectivity index (χ2n) is 2.41. The molecule has 0 spiro atoms. The fourth-order valence-corrected chi connectivity index (χ4v) is 0.599. The molecule has 11 heavy (non-hydrogen) atoms. The number of carbonyl (C=O) groups is 1. The normalized spacial score (nSPS) is 12.9. The number of amides is 1. The Kier molecular flexibility index (Phi) is 5.78. The largest absolute Gasteiger partial charge is 0.381 e. The molecule has 1 unspecified atom stereocenters. The van der Waals surface area contributed by atoms with Crippen molar-refractivity contribution >= 4 is 5.91 Å². The smallest absolute Gasteiger partial charge is 0.234 e. The molecule has 0 aromatic rings. The van der Waals surface area contributed by atoms with Gasteiger partial charge in [0.2, 0.25) is 5.91 Å². The van der Waals surface area contributed by atoms with Crippen LogP contribution >= 0.6 is 0 Å². The van der Waals surface area contributed by atoms with Crippen LogP contribution in [0.15, 0.2) is 0 Å². The number of primary amides is 1. The summed E-state index contributed by atoms with van der Waals surface area (Å²) in [5.41, 5.74) is 10.3. The number of hydrogen-bond acceptors (Lipinski definition) is 3. The van der Waals surface area contributed by atoms with Gasteiger partial charge in [-0.3, -0.25) is 4.79 Å². The maximum atomic E-state index is 10.4. The minimum atomic E-state index is -0.563. The first-order chi connectivity index (χ1) is 5.18. The second-order valence-corrected chi connectivity index (χ2v) is 2.41. The van der Waals surface area contributed by atoms with Gasteiger partial charge >= 0.3 is 0 Å². The summed E-state index contributed by atoms with van der Waals surface area (Å²) in [6.07, 6.45) is 1.49. The third-order valence-electron chi connectivity index (χ3n) is 1.29. The third-order valence-corrected chi connectivity index (χ3v) is 1.29. The average molecular weight is 160 g/mol. The number of ether oxygens (including phenoxy) is 1. The maximum absolute atomic E-state index is 10.4. The summed E-state index contributed by atoms with van der Waals surface area (Å²) in [5.74, 6) is -0.468. The molecular formula is C7H16N2O2. The minimum absolute atomic E-state index is 0.468. The van der Waals surface area contributed by atoms with Gasteiger partial charge in [0.1, 0.15) is 0 Å². The van der Waals surface area contributed by atoms with Gasteiger partial charge in [0, 0.05) is 13.2 Å². The Morgan fingerprint density at radius 1 is 1.55 bits per heavy atom. The third kappa shape index (κ3) is 5.82. The van der Waals surface area contributed by atoms with E-state index in [1.165, 1.54) is 0 Å². The van der Waals surface area contributed by atoms with Crippen LogP contribution in [-0.4, -0.2) is 25.2 Å². The number of carbonyl (C=O) groups excluding carboxylic acids is 1. The fourth-order valence-electron chi connectivity index (χ4n) is 0.599. The van der Waals surface area contributed by atoms with Crippen LogP contribution in [-0.2, 0) is 9.53 Å². The van der Waals surface area contributed by atoms with Crippen LogP contribution in [0.1, 0.15) is 19.8 Å². The molecule has 0 bridgehead atoms. The first kappa shape index (κ1) is 10.4.